The maximum Gasteiger partial charge on any atom is 0.216 e. The maximum atomic E-state index is 5.90. The van der Waals surface area contributed by atoms with E-state index in [2.05, 4.69) is 34.4 Å². The highest BCUT2D eigenvalue weighted by molar-refractivity contribution is 7.71. The molecule has 0 aliphatic heterocycles. The van der Waals surface area contributed by atoms with Crippen molar-refractivity contribution in [1.29, 1.82) is 0 Å². The summed E-state index contributed by atoms with van der Waals surface area (Å²) in [6.07, 6.45) is 6.74. The molecule has 7 heteroatoms. The average molecular weight is 439 g/mol. The monoisotopic (exact) mass is 438 g/mol. The molecule has 0 saturated carbocycles. The fourth-order valence-corrected chi connectivity index (χ4v) is 3.36. The Morgan fingerprint density at radius 1 is 1.03 bits per heavy atom. The summed E-state index contributed by atoms with van der Waals surface area (Å²) in [5.41, 5.74) is 2.16. The Bertz CT molecular complexity index is 1030. The first-order chi connectivity index (χ1) is 15.2. The summed E-state index contributed by atoms with van der Waals surface area (Å²) in [4.78, 5) is 0. The van der Waals surface area contributed by atoms with Crippen LogP contribution in [-0.2, 0) is 12.8 Å². The fourth-order valence-electron chi connectivity index (χ4n) is 3.16. The van der Waals surface area contributed by atoms with Gasteiger partial charge in [0.2, 0.25) is 4.77 Å². The number of aryl methyl sites for hydroxylation is 2. The molecule has 1 heterocycles. The van der Waals surface area contributed by atoms with Crippen molar-refractivity contribution in [2.75, 3.05) is 13.2 Å². The molecule has 3 rings (SSSR count). The van der Waals surface area contributed by atoms with E-state index in [1.54, 1.807) is 10.9 Å². The summed E-state index contributed by atoms with van der Waals surface area (Å²) in [7, 11) is 0. The van der Waals surface area contributed by atoms with Crippen LogP contribution in [0.5, 0.6) is 11.5 Å². The van der Waals surface area contributed by atoms with Crippen LogP contribution in [0.15, 0.2) is 53.6 Å². The van der Waals surface area contributed by atoms with Crippen molar-refractivity contribution in [2.45, 2.75) is 46.0 Å². The normalized spacial score (nSPS) is 11.2. The smallest absolute Gasteiger partial charge is 0.216 e. The predicted molar refractivity (Wildman–Crippen MR) is 127 cm³/mol. The zero-order valence-corrected chi connectivity index (χ0v) is 19.0. The van der Waals surface area contributed by atoms with Gasteiger partial charge in [-0.3, -0.25) is 5.10 Å². The van der Waals surface area contributed by atoms with Gasteiger partial charge in [0.1, 0.15) is 0 Å². The molecule has 0 spiro atoms. The minimum Gasteiger partial charge on any atom is -0.490 e. The first-order valence-corrected chi connectivity index (χ1v) is 11.3. The molecule has 0 amide bonds. The van der Waals surface area contributed by atoms with Gasteiger partial charge in [0.25, 0.3) is 0 Å². The largest absolute Gasteiger partial charge is 0.490 e. The number of nitrogens with one attached hydrogen (secondary N) is 1. The van der Waals surface area contributed by atoms with Crippen molar-refractivity contribution in [2.24, 2.45) is 5.10 Å². The van der Waals surface area contributed by atoms with Crippen molar-refractivity contribution in [3.05, 3.63) is 70.3 Å². The molecule has 0 unspecified atom stereocenters. The molecule has 164 valence electrons. The second-order valence-electron chi connectivity index (χ2n) is 7.18. The minimum atomic E-state index is 0.472. The highest BCUT2D eigenvalue weighted by Crippen LogP contribution is 2.28. The summed E-state index contributed by atoms with van der Waals surface area (Å²) in [5, 5.41) is 11.7. The van der Waals surface area contributed by atoms with E-state index in [9.17, 15) is 0 Å². The standard InChI is InChI=1S/C24H30N4O2S/c1-3-5-9-16-30-21-14-12-20(17-22(21)29-4-2)18-25-28-23(26-27-24(28)31)15-13-19-10-7-6-8-11-19/h6-8,10-12,14,17-18H,3-5,9,13,15-16H2,1-2H3,(H,27,31)/b25-18-. The third-order valence-electron chi connectivity index (χ3n) is 4.79. The number of hydrogen-bond donors (Lipinski definition) is 1. The van der Waals surface area contributed by atoms with Crippen molar-refractivity contribution >= 4 is 18.4 Å². The molecule has 0 aliphatic carbocycles. The molecule has 0 saturated heterocycles. The van der Waals surface area contributed by atoms with Gasteiger partial charge in [0, 0.05) is 6.42 Å². The first kappa shape index (κ1) is 22.7. The topological polar surface area (TPSA) is 64.4 Å². The van der Waals surface area contributed by atoms with Gasteiger partial charge in [0.05, 0.1) is 19.4 Å². The van der Waals surface area contributed by atoms with Gasteiger partial charge < -0.3 is 9.47 Å². The summed E-state index contributed by atoms with van der Waals surface area (Å²) < 4.78 is 13.8. The van der Waals surface area contributed by atoms with Crippen LogP contribution in [-0.4, -0.2) is 34.3 Å². The molecule has 3 aromatic rings. The number of hydrogen-bond acceptors (Lipinski definition) is 5. The molecule has 1 aromatic heterocycles. The molecule has 31 heavy (non-hydrogen) atoms. The minimum absolute atomic E-state index is 0.472. The Morgan fingerprint density at radius 2 is 1.87 bits per heavy atom. The number of ether oxygens (including phenoxy) is 2. The van der Waals surface area contributed by atoms with Crippen LogP contribution in [0.1, 0.15) is 50.1 Å². The maximum absolute atomic E-state index is 5.90. The Labute approximate surface area is 188 Å². The van der Waals surface area contributed by atoms with Crippen LogP contribution in [0.4, 0.5) is 0 Å². The highest BCUT2D eigenvalue weighted by atomic mass is 32.1. The van der Waals surface area contributed by atoms with Crippen molar-refractivity contribution in [1.82, 2.24) is 14.9 Å². The lowest BCUT2D eigenvalue weighted by Gasteiger charge is -2.12. The van der Waals surface area contributed by atoms with E-state index in [0.29, 0.717) is 18.0 Å². The van der Waals surface area contributed by atoms with E-state index in [0.717, 1.165) is 48.6 Å². The third kappa shape index (κ3) is 6.79. The molecular weight excluding hydrogens is 408 g/mol. The van der Waals surface area contributed by atoms with Crippen LogP contribution in [0.2, 0.25) is 0 Å². The molecule has 0 bridgehead atoms. The number of nitrogens with zero attached hydrogens (tertiary/aromatic N) is 3. The number of H-pyrrole nitrogens is 1. The zero-order valence-electron chi connectivity index (χ0n) is 18.2. The molecule has 0 aliphatic rings. The van der Waals surface area contributed by atoms with Crippen molar-refractivity contribution in [3.63, 3.8) is 0 Å². The Morgan fingerprint density at radius 3 is 2.65 bits per heavy atom. The van der Waals surface area contributed by atoms with Gasteiger partial charge in [-0.25, -0.2) is 0 Å². The molecule has 6 nitrogen and oxygen atoms in total. The van der Waals surface area contributed by atoms with Crippen molar-refractivity contribution < 1.29 is 9.47 Å². The van der Waals surface area contributed by atoms with E-state index in [4.69, 9.17) is 21.7 Å². The summed E-state index contributed by atoms with van der Waals surface area (Å²) >= 11 is 5.36. The number of benzene rings is 2. The van der Waals surface area contributed by atoms with Gasteiger partial charge in [-0.2, -0.15) is 14.9 Å². The molecule has 0 atom stereocenters. The van der Waals surface area contributed by atoms with Crippen LogP contribution in [0.3, 0.4) is 0 Å². The van der Waals surface area contributed by atoms with Crippen LogP contribution >= 0.6 is 12.2 Å². The number of unbranched alkanes of at least 4 members (excludes halogenated alkanes) is 2. The summed E-state index contributed by atoms with van der Waals surface area (Å²) in [6.45, 7) is 5.41. The van der Waals surface area contributed by atoms with E-state index in [1.165, 1.54) is 12.0 Å². The molecule has 0 fully saturated rings. The second-order valence-corrected chi connectivity index (χ2v) is 7.57. The highest BCUT2D eigenvalue weighted by Gasteiger charge is 2.08. The average Bonchev–Trinajstić information content (AvgIpc) is 3.15. The SMILES string of the molecule is CCCCCOc1ccc(/C=N\n2c(CCc3ccccc3)n[nH]c2=S)cc1OCC. The number of aromatic amines is 1. The van der Waals surface area contributed by atoms with Crippen LogP contribution < -0.4 is 9.47 Å². The Kier molecular flexibility index (Phi) is 8.84. The lowest BCUT2D eigenvalue weighted by atomic mass is 10.1. The number of rotatable bonds is 12. The Hall–Kier alpha value is -2.93. The van der Waals surface area contributed by atoms with E-state index < -0.39 is 0 Å². The lowest BCUT2D eigenvalue weighted by molar-refractivity contribution is 0.271. The first-order valence-electron chi connectivity index (χ1n) is 10.9. The van der Waals surface area contributed by atoms with Gasteiger partial charge >= 0.3 is 0 Å². The zero-order chi connectivity index (χ0) is 21.9. The van der Waals surface area contributed by atoms with Gasteiger partial charge in [0.15, 0.2) is 17.3 Å². The Balaban J connectivity index is 1.71. The van der Waals surface area contributed by atoms with Gasteiger partial charge in [-0.1, -0.05) is 50.1 Å². The molecular formula is C24H30N4O2S. The van der Waals surface area contributed by atoms with Crippen molar-refractivity contribution in [3.8, 4) is 11.5 Å². The fraction of sp³-hybridized carbons (Fsp3) is 0.375. The van der Waals surface area contributed by atoms with Gasteiger partial charge in [-0.05, 0) is 61.3 Å². The summed E-state index contributed by atoms with van der Waals surface area (Å²) in [5.74, 6) is 2.28. The van der Waals surface area contributed by atoms with Gasteiger partial charge in [-0.15, -0.1) is 0 Å². The van der Waals surface area contributed by atoms with Crippen LogP contribution in [0.25, 0.3) is 0 Å². The predicted octanol–water partition coefficient (Wildman–Crippen LogP) is 5.58. The summed E-state index contributed by atoms with van der Waals surface area (Å²) in [6, 6.07) is 16.1. The quantitative estimate of drug-likeness (QED) is 0.228. The molecule has 1 N–H and O–H groups in total. The third-order valence-corrected chi connectivity index (χ3v) is 5.06. The lowest BCUT2D eigenvalue weighted by Crippen LogP contribution is -2.03. The van der Waals surface area contributed by atoms with E-state index in [1.807, 2.05) is 43.3 Å². The molecule has 2 aromatic carbocycles. The second kappa shape index (κ2) is 12.1. The number of aromatic nitrogens is 3. The van der Waals surface area contributed by atoms with E-state index in [-0.39, 0.29) is 0 Å². The van der Waals surface area contributed by atoms with Crippen LogP contribution in [0, 0.1) is 4.77 Å². The molecule has 0 radical (unpaired) electrons. The van der Waals surface area contributed by atoms with E-state index >= 15 is 0 Å².